The maximum absolute atomic E-state index is 13.5. The number of hydrogen-bond donors (Lipinski definition) is 2. The number of hydrogen-bond acceptors (Lipinski definition) is 1. The molecule has 29 heavy (non-hydrogen) atoms. The van der Waals surface area contributed by atoms with Gasteiger partial charge >= 0.3 is 0 Å². The molecule has 4 heteroatoms. The summed E-state index contributed by atoms with van der Waals surface area (Å²) in [4.78, 5) is 16.3. The van der Waals surface area contributed by atoms with Gasteiger partial charge in [-0.25, -0.2) is 4.39 Å². The van der Waals surface area contributed by atoms with Crippen molar-refractivity contribution in [3.05, 3.63) is 71.2 Å². The molecular formula is C25H29FN2O. The molecule has 0 spiro atoms. The number of aromatic amines is 1. The molecule has 1 aliphatic carbocycles. The zero-order valence-corrected chi connectivity index (χ0v) is 17.0. The number of fused-ring (bicyclic) bond motifs is 1. The Hall–Kier alpha value is -2.62. The van der Waals surface area contributed by atoms with Crippen LogP contribution in [0.1, 0.15) is 68.1 Å². The highest BCUT2D eigenvalue weighted by molar-refractivity contribution is 5.88. The standard InChI is InChI=1S/C25H29FN2O/c1-2-17-7-6-10-21-23(16-27-25(17)21)22(18-11-13-19(26)14-12-18)15-24(29)28-20-8-4-3-5-9-20/h6-7,10-14,16,20,22,27H,2-5,8-9,15H2,1H3,(H,28,29). The molecule has 1 atom stereocenters. The van der Waals surface area contributed by atoms with Gasteiger partial charge in [0, 0.05) is 35.5 Å². The van der Waals surface area contributed by atoms with Crippen molar-refractivity contribution in [3.8, 4) is 0 Å². The first kappa shape index (κ1) is 19.7. The highest BCUT2D eigenvalue weighted by Gasteiger charge is 2.24. The second kappa shape index (κ2) is 8.81. The van der Waals surface area contributed by atoms with E-state index in [4.69, 9.17) is 0 Å². The number of carbonyl (C=O) groups excluding carboxylic acids is 1. The van der Waals surface area contributed by atoms with Crippen LogP contribution in [0.25, 0.3) is 10.9 Å². The minimum absolute atomic E-state index is 0.0761. The van der Waals surface area contributed by atoms with Crippen molar-refractivity contribution in [3.63, 3.8) is 0 Å². The largest absolute Gasteiger partial charge is 0.361 e. The van der Waals surface area contributed by atoms with E-state index in [9.17, 15) is 9.18 Å². The molecule has 1 unspecified atom stereocenters. The van der Waals surface area contributed by atoms with E-state index in [0.29, 0.717) is 12.5 Å². The summed E-state index contributed by atoms with van der Waals surface area (Å²) in [5.74, 6) is -0.293. The Labute approximate surface area is 171 Å². The number of carbonyl (C=O) groups is 1. The van der Waals surface area contributed by atoms with Gasteiger partial charge in [-0.1, -0.05) is 56.5 Å². The molecule has 1 aromatic heterocycles. The minimum Gasteiger partial charge on any atom is -0.361 e. The monoisotopic (exact) mass is 392 g/mol. The summed E-state index contributed by atoms with van der Waals surface area (Å²) < 4.78 is 13.5. The van der Waals surface area contributed by atoms with E-state index >= 15 is 0 Å². The fourth-order valence-electron chi connectivity index (χ4n) is 4.64. The Bertz CT molecular complexity index is 970. The van der Waals surface area contributed by atoms with Crippen LogP contribution in [0.15, 0.2) is 48.7 Å². The third kappa shape index (κ3) is 4.36. The molecule has 1 saturated carbocycles. The van der Waals surface area contributed by atoms with Crippen molar-refractivity contribution in [1.82, 2.24) is 10.3 Å². The number of amides is 1. The Morgan fingerprint density at radius 3 is 2.62 bits per heavy atom. The third-order valence-electron chi connectivity index (χ3n) is 6.22. The van der Waals surface area contributed by atoms with Gasteiger partial charge in [-0.3, -0.25) is 4.79 Å². The number of nitrogens with one attached hydrogen (secondary N) is 2. The first-order valence-electron chi connectivity index (χ1n) is 10.8. The van der Waals surface area contributed by atoms with Gasteiger partial charge in [0.1, 0.15) is 5.82 Å². The zero-order valence-electron chi connectivity index (χ0n) is 17.0. The summed E-state index contributed by atoms with van der Waals surface area (Å²) in [7, 11) is 0. The van der Waals surface area contributed by atoms with Crippen molar-refractivity contribution in [2.24, 2.45) is 0 Å². The van der Waals surface area contributed by atoms with Crippen molar-refractivity contribution >= 4 is 16.8 Å². The molecule has 1 fully saturated rings. The Morgan fingerprint density at radius 1 is 1.14 bits per heavy atom. The van der Waals surface area contributed by atoms with Crippen LogP contribution in [-0.4, -0.2) is 16.9 Å². The van der Waals surface area contributed by atoms with Crippen LogP contribution in [0.4, 0.5) is 4.39 Å². The van der Waals surface area contributed by atoms with Crippen molar-refractivity contribution in [2.75, 3.05) is 0 Å². The molecule has 3 nitrogen and oxygen atoms in total. The maximum atomic E-state index is 13.5. The van der Waals surface area contributed by atoms with Crippen LogP contribution in [0, 0.1) is 5.82 Å². The predicted octanol–water partition coefficient (Wildman–Crippen LogP) is 5.84. The third-order valence-corrected chi connectivity index (χ3v) is 6.22. The normalized spacial score (nSPS) is 16.1. The Morgan fingerprint density at radius 2 is 1.90 bits per heavy atom. The van der Waals surface area contributed by atoms with E-state index < -0.39 is 0 Å². The molecule has 0 bridgehead atoms. The minimum atomic E-state index is -0.258. The summed E-state index contributed by atoms with van der Waals surface area (Å²) in [5, 5.41) is 4.38. The van der Waals surface area contributed by atoms with E-state index in [1.807, 2.05) is 6.20 Å². The maximum Gasteiger partial charge on any atom is 0.221 e. The van der Waals surface area contributed by atoms with Crippen molar-refractivity contribution in [2.45, 2.75) is 63.8 Å². The fraction of sp³-hybridized carbons (Fsp3) is 0.400. The SMILES string of the molecule is CCc1cccc2c(C(CC(=O)NC3CCCCC3)c3ccc(F)cc3)c[nH]c12. The van der Waals surface area contributed by atoms with Crippen molar-refractivity contribution < 1.29 is 9.18 Å². The number of halogens is 1. The first-order valence-corrected chi connectivity index (χ1v) is 10.8. The van der Waals surface area contributed by atoms with Gasteiger partial charge < -0.3 is 10.3 Å². The van der Waals surface area contributed by atoms with Crippen molar-refractivity contribution in [1.29, 1.82) is 0 Å². The molecule has 1 heterocycles. The number of rotatable bonds is 6. The summed E-state index contributed by atoms with van der Waals surface area (Å²) in [5.41, 5.74) is 4.46. The molecule has 4 rings (SSSR count). The van der Waals surface area contributed by atoms with Gasteiger partial charge in [-0.2, -0.15) is 0 Å². The van der Waals surface area contributed by atoms with Gasteiger partial charge in [0.2, 0.25) is 5.91 Å². The van der Waals surface area contributed by atoms with Gasteiger partial charge in [-0.15, -0.1) is 0 Å². The molecule has 1 aliphatic rings. The predicted molar refractivity (Wildman–Crippen MR) is 116 cm³/mol. The second-order valence-electron chi connectivity index (χ2n) is 8.15. The summed E-state index contributed by atoms with van der Waals surface area (Å²) in [6.07, 6.45) is 9.11. The molecule has 2 aromatic carbocycles. The van der Waals surface area contributed by atoms with E-state index in [2.05, 4.69) is 35.4 Å². The Kier molecular flexibility index (Phi) is 5.98. The van der Waals surface area contributed by atoms with Crippen LogP contribution < -0.4 is 5.32 Å². The average Bonchev–Trinajstić information content (AvgIpc) is 3.17. The van der Waals surface area contributed by atoms with Crippen LogP contribution in [0.3, 0.4) is 0 Å². The van der Waals surface area contributed by atoms with Crippen LogP contribution >= 0.6 is 0 Å². The van der Waals surface area contributed by atoms with Gasteiger partial charge in [0.05, 0.1) is 0 Å². The molecule has 1 amide bonds. The summed E-state index contributed by atoms with van der Waals surface area (Å²) in [6.45, 7) is 2.14. The summed E-state index contributed by atoms with van der Waals surface area (Å²) >= 11 is 0. The lowest BCUT2D eigenvalue weighted by Crippen LogP contribution is -2.36. The topological polar surface area (TPSA) is 44.9 Å². The molecule has 3 aromatic rings. The highest BCUT2D eigenvalue weighted by atomic mass is 19.1. The number of benzene rings is 2. The second-order valence-corrected chi connectivity index (χ2v) is 8.15. The fourth-order valence-corrected chi connectivity index (χ4v) is 4.64. The van der Waals surface area contributed by atoms with Crippen LogP contribution in [0.5, 0.6) is 0 Å². The number of aryl methyl sites for hydroxylation is 1. The van der Waals surface area contributed by atoms with Gasteiger partial charge in [-0.05, 0) is 48.1 Å². The molecule has 0 saturated heterocycles. The lowest BCUT2D eigenvalue weighted by atomic mass is 9.87. The zero-order chi connectivity index (χ0) is 20.2. The average molecular weight is 393 g/mol. The van der Waals surface area contributed by atoms with Gasteiger partial charge in [0.15, 0.2) is 0 Å². The smallest absolute Gasteiger partial charge is 0.221 e. The highest BCUT2D eigenvalue weighted by Crippen LogP contribution is 2.35. The molecule has 0 aliphatic heterocycles. The van der Waals surface area contributed by atoms with E-state index in [1.54, 1.807) is 12.1 Å². The molecule has 0 radical (unpaired) electrons. The number of H-pyrrole nitrogens is 1. The van der Waals surface area contributed by atoms with Gasteiger partial charge in [0.25, 0.3) is 0 Å². The number of aromatic nitrogens is 1. The molecule has 2 N–H and O–H groups in total. The van der Waals surface area contributed by atoms with E-state index in [1.165, 1.54) is 37.0 Å². The lowest BCUT2D eigenvalue weighted by Gasteiger charge is -2.24. The Balaban J connectivity index is 1.65. The van der Waals surface area contributed by atoms with E-state index in [-0.39, 0.29) is 17.6 Å². The quantitative estimate of drug-likeness (QED) is 0.544. The molecule has 152 valence electrons. The first-order chi connectivity index (χ1) is 14.2. The van der Waals surface area contributed by atoms with Crippen LogP contribution in [-0.2, 0) is 11.2 Å². The summed E-state index contributed by atoms with van der Waals surface area (Å²) in [6, 6.07) is 13.2. The van der Waals surface area contributed by atoms with E-state index in [0.717, 1.165) is 41.3 Å². The van der Waals surface area contributed by atoms with Crippen LogP contribution in [0.2, 0.25) is 0 Å². The lowest BCUT2D eigenvalue weighted by molar-refractivity contribution is -0.122. The number of para-hydroxylation sites is 1. The molecular weight excluding hydrogens is 363 g/mol.